The molecule has 2 atom stereocenters. The second-order valence-corrected chi connectivity index (χ2v) is 7.56. The van der Waals surface area contributed by atoms with Crippen LogP contribution in [0.2, 0.25) is 0 Å². The number of unbranched alkanes of at least 4 members (excludes halogenated alkanes) is 1. The van der Waals surface area contributed by atoms with Crippen molar-refractivity contribution in [3.63, 3.8) is 0 Å². The minimum absolute atomic E-state index is 0.0466. The van der Waals surface area contributed by atoms with Crippen LogP contribution in [0.5, 0.6) is 0 Å². The van der Waals surface area contributed by atoms with Gasteiger partial charge in [-0.1, -0.05) is 26.2 Å². The summed E-state index contributed by atoms with van der Waals surface area (Å²) in [6.07, 6.45) is 8.13. The van der Waals surface area contributed by atoms with Gasteiger partial charge in [-0.2, -0.15) is 0 Å². The molecule has 0 unspecified atom stereocenters. The molecule has 2 bridgehead atoms. The minimum atomic E-state index is -1.25. The fourth-order valence-electron chi connectivity index (χ4n) is 4.85. The first kappa shape index (κ1) is 16.8. The van der Waals surface area contributed by atoms with E-state index in [1.165, 1.54) is 0 Å². The molecule has 1 aliphatic carbocycles. The zero-order chi connectivity index (χ0) is 16.5. The molecular weight excluding hydrogens is 292 g/mol. The second kappa shape index (κ2) is 6.46. The van der Waals surface area contributed by atoms with Crippen LogP contribution >= 0.6 is 0 Å². The largest absolute Gasteiger partial charge is 0.355 e. The molecule has 0 radical (unpaired) electrons. The molecule has 128 valence electrons. The van der Waals surface area contributed by atoms with Crippen molar-refractivity contribution in [2.45, 2.75) is 95.7 Å². The highest BCUT2D eigenvalue weighted by Gasteiger charge is 2.57. The zero-order valence-corrected chi connectivity index (χ0v) is 14.2. The summed E-state index contributed by atoms with van der Waals surface area (Å²) < 4.78 is 6.31. The average Bonchev–Trinajstić information content (AvgIpc) is 3.05. The summed E-state index contributed by atoms with van der Waals surface area (Å²) in [7, 11) is 0. The van der Waals surface area contributed by atoms with Crippen LogP contribution < -0.4 is 0 Å². The summed E-state index contributed by atoms with van der Waals surface area (Å²) in [6, 6.07) is 0. The number of fused-ring (bicyclic) bond motifs is 3. The fraction of sp³-hybridized carbons (Fsp3) is 0.842. The number of Topliss-reactive ketones (excluding diaryl/α,β-unsaturated/α-hetero) is 3. The third-order valence-corrected chi connectivity index (χ3v) is 6.24. The van der Waals surface area contributed by atoms with E-state index in [0.717, 1.165) is 38.5 Å². The molecule has 0 amide bonds. The van der Waals surface area contributed by atoms with Gasteiger partial charge >= 0.3 is 0 Å². The number of rotatable bonds is 3. The molecule has 4 nitrogen and oxygen atoms in total. The molecule has 1 spiro atoms. The van der Waals surface area contributed by atoms with Crippen molar-refractivity contribution in [2.24, 2.45) is 5.41 Å². The Bertz CT molecular complexity index is 503. The highest BCUT2D eigenvalue weighted by Crippen LogP contribution is 2.50. The zero-order valence-electron chi connectivity index (χ0n) is 14.2. The molecule has 3 rings (SSSR count). The first-order valence-electron chi connectivity index (χ1n) is 9.33. The lowest BCUT2D eigenvalue weighted by Gasteiger charge is -2.45. The second-order valence-electron chi connectivity index (χ2n) is 7.56. The molecule has 4 heteroatoms. The Labute approximate surface area is 138 Å². The van der Waals surface area contributed by atoms with Gasteiger partial charge in [-0.3, -0.25) is 14.4 Å². The Balaban J connectivity index is 1.99. The first-order chi connectivity index (χ1) is 11.0. The number of ether oxygens (including phenoxy) is 1. The van der Waals surface area contributed by atoms with Crippen LogP contribution in [0.3, 0.4) is 0 Å². The van der Waals surface area contributed by atoms with Crippen molar-refractivity contribution in [1.29, 1.82) is 0 Å². The lowest BCUT2D eigenvalue weighted by Crippen LogP contribution is -2.58. The van der Waals surface area contributed by atoms with Crippen LogP contribution in [-0.2, 0) is 19.1 Å². The monoisotopic (exact) mass is 320 g/mol. The summed E-state index contributed by atoms with van der Waals surface area (Å²) in [4.78, 5) is 38.4. The van der Waals surface area contributed by atoms with Crippen LogP contribution in [0.15, 0.2) is 0 Å². The van der Waals surface area contributed by atoms with Gasteiger partial charge in [0.25, 0.3) is 0 Å². The maximum absolute atomic E-state index is 12.9. The van der Waals surface area contributed by atoms with Crippen molar-refractivity contribution in [2.75, 3.05) is 0 Å². The smallest absolute Gasteiger partial charge is 0.184 e. The lowest BCUT2D eigenvalue weighted by molar-refractivity contribution is -0.190. The standard InChI is InChI=1S/C19H28O4/c1-2-3-13-19-15(21)8-6-7-14(20)18(11-4-5-12-18)17(23-19)10-9-16(19)22/h17H,2-13H2,1H3/t17-,19-/m0/s1. The van der Waals surface area contributed by atoms with Gasteiger partial charge in [-0.25, -0.2) is 0 Å². The molecule has 1 saturated carbocycles. The van der Waals surface area contributed by atoms with Gasteiger partial charge < -0.3 is 4.74 Å². The topological polar surface area (TPSA) is 60.4 Å². The van der Waals surface area contributed by atoms with Gasteiger partial charge in [-0.15, -0.1) is 0 Å². The number of carbonyl (C=O) groups is 3. The molecule has 0 N–H and O–H groups in total. The highest BCUT2D eigenvalue weighted by atomic mass is 16.5. The summed E-state index contributed by atoms with van der Waals surface area (Å²) in [5.41, 5.74) is -1.68. The van der Waals surface area contributed by atoms with Crippen molar-refractivity contribution in [3.8, 4) is 0 Å². The van der Waals surface area contributed by atoms with Crippen LogP contribution in [0.1, 0.15) is 84.0 Å². The third-order valence-electron chi connectivity index (χ3n) is 6.24. The Morgan fingerprint density at radius 3 is 2.30 bits per heavy atom. The van der Waals surface area contributed by atoms with E-state index in [4.69, 9.17) is 4.74 Å². The van der Waals surface area contributed by atoms with Crippen LogP contribution in [0.25, 0.3) is 0 Å². The maximum Gasteiger partial charge on any atom is 0.184 e. The molecular formula is C19H28O4. The first-order valence-corrected chi connectivity index (χ1v) is 9.33. The Morgan fingerprint density at radius 1 is 0.957 bits per heavy atom. The van der Waals surface area contributed by atoms with Gasteiger partial charge in [0.05, 0.1) is 11.5 Å². The molecule has 2 saturated heterocycles. The number of hydrogen-bond acceptors (Lipinski definition) is 4. The Kier molecular flexibility index (Phi) is 4.73. The lowest BCUT2D eigenvalue weighted by atomic mass is 9.71. The fourth-order valence-corrected chi connectivity index (χ4v) is 4.85. The highest BCUT2D eigenvalue weighted by molar-refractivity contribution is 6.11. The number of carbonyl (C=O) groups excluding carboxylic acids is 3. The van der Waals surface area contributed by atoms with Crippen LogP contribution in [0, 0.1) is 5.41 Å². The molecule has 23 heavy (non-hydrogen) atoms. The third kappa shape index (κ3) is 2.69. The summed E-state index contributed by atoms with van der Waals surface area (Å²) in [5, 5.41) is 0. The van der Waals surface area contributed by atoms with Crippen LogP contribution in [0.4, 0.5) is 0 Å². The summed E-state index contributed by atoms with van der Waals surface area (Å²) in [6.45, 7) is 2.06. The Morgan fingerprint density at radius 2 is 1.61 bits per heavy atom. The molecule has 2 aliphatic heterocycles. The van der Waals surface area contributed by atoms with E-state index in [0.29, 0.717) is 38.5 Å². The Hall–Kier alpha value is -1.03. The molecule has 3 fully saturated rings. The van der Waals surface area contributed by atoms with Crippen molar-refractivity contribution < 1.29 is 19.1 Å². The van der Waals surface area contributed by atoms with Gasteiger partial charge in [0.15, 0.2) is 17.2 Å². The quantitative estimate of drug-likeness (QED) is 0.746. The number of hydrogen-bond donors (Lipinski definition) is 0. The van der Waals surface area contributed by atoms with Gasteiger partial charge in [-0.05, 0) is 38.5 Å². The molecule has 0 aromatic carbocycles. The summed E-state index contributed by atoms with van der Waals surface area (Å²) in [5.74, 6) is 0.145. The van der Waals surface area contributed by atoms with Crippen LogP contribution in [-0.4, -0.2) is 29.1 Å². The van der Waals surface area contributed by atoms with Gasteiger partial charge in [0, 0.05) is 19.3 Å². The van der Waals surface area contributed by atoms with E-state index in [9.17, 15) is 14.4 Å². The summed E-state index contributed by atoms with van der Waals surface area (Å²) >= 11 is 0. The van der Waals surface area contributed by atoms with E-state index in [1.807, 2.05) is 0 Å². The van der Waals surface area contributed by atoms with Crippen molar-refractivity contribution in [3.05, 3.63) is 0 Å². The molecule has 0 aromatic rings. The van der Waals surface area contributed by atoms with E-state index in [-0.39, 0.29) is 23.5 Å². The minimum Gasteiger partial charge on any atom is -0.355 e. The van der Waals surface area contributed by atoms with Crippen molar-refractivity contribution in [1.82, 2.24) is 0 Å². The van der Waals surface area contributed by atoms with E-state index >= 15 is 0 Å². The SMILES string of the molecule is CCCC[C@@]12O[C@@H](CCC1=O)C1(CCCC1)C(=O)CCCC2=O. The maximum atomic E-state index is 12.9. The average molecular weight is 320 g/mol. The van der Waals surface area contributed by atoms with Gasteiger partial charge in [0.2, 0.25) is 0 Å². The predicted molar refractivity (Wildman–Crippen MR) is 86.1 cm³/mol. The van der Waals surface area contributed by atoms with E-state index < -0.39 is 11.0 Å². The van der Waals surface area contributed by atoms with Gasteiger partial charge in [0.1, 0.15) is 5.78 Å². The molecule has 3 aliphatic rings. The normalized spacial score (nSPS) is 34.3. The molecule has 0 aromatic heterocycles. The number of ketones is 3. The van der Waals surface area contributed by atoms with E-state index in [2.05, 4.69) is 6.92 Å². The van der Waals surface area contributed by atoms with E-state index in [1.54, 1.807) is 0 Å². The molecule has 2 heterocycles. The predicted octanol–water partition coefficient (Wildman–Crippen LogP) is 3.55. The van der Waals surface area contributed by atoms with Crippen molar-refractivity contribution >= 4 is 17.3 Å².